The molecule has 0 bridgehead atoms. The SMILES string of the molecule is Nc1ccc2nc(C3CN(c4nccnc4-c4ccccc4)C3)[nH]c2c1. The Labute approximate surface area is 150 Å². The van der Waals surface area contributed by atoms with Gasteiger partial charge in [0.05, 0.1) is 17.0 Å². The molecular weight excluding hydrogens is 324 g/mol. The summed E-state index contributed by atoms with van der Waals surface area (Å²) in [6, 6.07) is 15.9. The third kappa shape index (κ3) is 2.47. The number of fused-ring (bicyclic) bond motifs is 1. The van der Waals surface area contributed by atoms with Crippen molar-refractivity contribution in [2.24, 2.45) is 0 Å². The first-order valence-corrected chi connectivity index (χ1v) is 8.64. The molecule has 1 saturated heterocycles. The van der Waals surface area contributed by atoms with Crippen LogP contribution in [-0.4, -0.2) is 33.0 Å². The Morgan fingerprint density at radius 2 is 1.81 bits per heavy atom. The van der Waals surface area contributed by atoms with Gasteiger partial charge >= 0.3 is 0 Å². The van der Waals surface area contributed by atoms with E-state index in [4.69, 9.17) is 10.7 Å². The van der Waals surface area contributed by atoms with Gasteiger partial charge in [-0.25, -0.2) is 9.97 Å². The fourth-order valence-electron chi connectivity index (χ4n) is 3.43. The molecule has 6 nitrogen and oxygen atoms in total. The lowest BCUT2D eigenvalue weighted by molar-refractivity contribution is 0.501. The number of nitrogens with zero attached hydrogens (tertiary/aromatic N) is 4. The normalized spacial score (nSPS) is 14.5. The van der Waals surface area contributed by atoms with Crippen LogP contribution in [0.2, 0.25) is 0 Å². The van der Waals surface area contributed by atoms with E-state index in [9.17, 15) is 0 Å². The van der Waals surface area contributed by atoms with Gasteiger partial charge in [-0.15, -0.1) is 0 Å². The van der Waals surface area contributed by atoms with Crippen LogP contribution in [-0.2, 0) is 0 Å². The number of anilines is 2. The van der Waals surface area contributed by atoms with Crippen LogP contribution in [0.5, 0.6) is 0 Å². The third-order valence-corrected chi connectivity index (χ3v) is 4.82. The lowest BCUT2D eigenvalue weighted by Gasteiger charge is -2.39. The second-order valence-corrected chi connectivity index (χ2v) is 6.60. The largest absolute Gasteiger partial charge is 0.399 e. The zero-order valence-electron chi connectivity index (χ0n) is 14.1. The van der Waals surface area contributed by atoms with Gasteiger partial charge < -0.3 is 15.6 Å². The van der Waals surface area contributed by atoms with Gasteiger partial charge in [-0.3, -0.25) is 4.98 Å². The summed E-state index contributed by atoms with van der Waals surface area (Å²) < 4.78 is 0. The summed E-state index contributed by atoms with van der Waals surface area (Å²) in [6.45, 7) is 1.74. The molecular formula is C20H18N6. The van der Waals surface area contributed by atoms with Crippen molar-refractivity contribution in [2.75, 3.05) is 23.7 Å². The molecule has 0 radical (unpaired) electrons. The standard InChI is InChI=1S/C20H18N6/c21-15-6-7-16-17(10-15)25-19(24-16)14-11-26(12-14)20-18(22-8-9-23-20)13-4-2-1-3-5-13/h1-10,14H,11-12,21H2,(H,24,25). The first-order valence-electron chi connectivity index (χ1n) is 8.64. The maximum Gasteiger partial charge on any atom is 0.155 e. The lowest BCUT2D eigenvalue weighted by atomic mass is 9.98. The number of nitrogen functional groups attached to an aromatic ring is 1. The van der Waals surface area contributed by atoms with Crippen molar-refractivity contribution in [1.82, 2.24) is 19.9 Å². The van der Waals surface area contributed by atoms with E-state index in [1.54, 1.807) is 12.4 Å². The van der Waals surface area contributed by atoms with E-state index in [-0.39, 0.29) is 0 Å². The minimum Gasteiger partial charge on any atom is -0.399 e. The molecule has 3 heterocycles. The van der Waals surface area contributed by atoms with Crippen molar-refractivity contribution in [3.05, 3.63) is 66.7 Å². The van der Waals surface area contributed by atoms with Gasteiger partial charge in [-0.1, -0.05) is 30.3 Å². The Bertz CT molecular complexity index is 1070. The Balaban J connectivity index is 1.40. The van der Waals surface area contributed by atoms with Gasteiger partial charge in [-0.05, 0) is 18.2 Å². The molecule has 4 aromatic rings. The summed E-state index contributed by atoms with van der Waals surface area (Å²) in [5, 5.41) is 0. The second-order valence-electron chi connectivity index (χ2n) is 6.60. The van der Waals surface area contributed by atoms with E-state index in [1.807, 2.05) is 36.4 Å². The van der Waals surface area contributed by atoms with E-state index >= 15 is 0 Å². The number of nitrogens with two attached hydrogens (primary N) is 1. The molecule has 128 valence electrons. The first kappa shape index (κ1) is 14.9. The number of H-pyrrole nitrogens is 1. The maximum absolute atomic E-state index is 5.85. The van der Waals surface area contributed by atoms with Gasteiger partial charge in [0, 0.05) is 36.7 Å². The molecule has 5 rings (SSSR count). The van der Waals surface area contributed by atoms with Gasteiger partial charge in [-0.2, -0.15) is 0 Å². The number of hydrogen-bond acceptors (Lipinski definition) is 5. The Morgan fingerprint density at radius 1 is 1.00 bits per heavy atom. The molecule has 26 heavy (non-hydrogen) atoms. The summed E-state index contributed by atoms with van der Waals surface area (Å²) in [7, 11) is 0. The molecule has 1 fully saturated rings. The van der Waals surface area contributed by atoms with Crippen LogP contribution < -0.4 is 10.6 Å². The van der Waals surface area contributed by atoms with Crippen molar-refractivity contribution in [3.63, 3.8) is 0 Å². The molecule has 2 aromatic carbocycles. The molecule has 6 heteroatoms. The van der Waals surface area contributed by atoms with Crippen molar-refractivity contribution in [1.29, 1.82) is 0 Å². The third-order valence-electron chi connectivity index (χ3n) is 4.82. The molecule has 1 aliphatic rings. The average Bonchev–Trinajstić information content (AvgIpc) is 3.04. The van der Waals surface area contributed by atoms with Crippen LogP contribution in [0.3, 0.4) is 0 Å². The summed E-state index contributed by atoms with van der Waals surface area (Å²) in [5.74, 6) is 2.29. The van der Waals surface area contributed by atoms with Crippen molar-refractivity contribution >= 4 is 22.5 Å². The highest BCUT2D eigenvalue weighted by Crippen LogP contribution is 2.34. The summed E-state index contributed by atoms with van der Waals surface area (Å²) in [5.41, 5.74) is 10.5. The average molecular weight is 342 g/mol. The monoisotopic (exact) mass is 342 g/mol. The number of imidazole rings is 1. The van der Waals surface area contributed by atoms with Gasteiger partial charge in [0.15, 0.2) is 5.82 Å². The van der Waals surface area contributed by atoms with E-state index in [0.717, 1.165) is 52.7 Å². The Hall–Kier alpha value is -3.41. The minimum absolute atomic E-state index is 0.356. The van der Waals surface area contributed by atoms with Gasteiger partial charge in [0.2, 0.25) is 0 Å². The smallest absolute Gasteiger partial charge is 0.155 e. The van der Waals surface area contributed by atoms with Crippen LogP contribution in [0.4, 0.5) is 11.5 Å². The number of benzene rings is 2. The summed E-state index contributed by atoms with van der Waals surface area (Å²) in [6.07, 6.45) is 3.49. The highest BCUT2D eigenvalue weighted by Gasteiger charge is 2.33. The number of aromatic amines is 1. The van der Waals surface area contributed by atoms with E-state index in [2.05, 4.69) is 32.0 Å². The van der Waals surface area contributed by atoms with E-state index < -0.39 is 0 Å². The molecule has 0 spiro atoms. The van der Waals surface area contributed by atoms with Crippen molar-refractivity contribution < 1.29 is 0 Å². The summed E-state index contributed by atoms with van der Waals surface area (Å²) in [4.78, 5) is 19.5. The number of rotatable bonds is 3. The topological polar surface area (TPSA) is 83.7 Å². The molecule has 3 N–H and O–H groups in total. The van der Waals surface area contributed by atoms with Crippen LogP contribution in [0.25, 0.3) is 22.3 Å². The quantitative estimate of drug-likeness (QED) is 0.559. The Morgan fingerprint density at radius 3 is 2.65 bits per heavy atom. The minimum atomic E-state index is 0.356. The van der Waals surface area contributed by atoms with E-state index in [1.165, 1.54) is 0 Å². The lowest BCUT2D eigenvalue weighted by Crippen LogP contribution is -2.46. The van der Waals surface area contributed by atoms with Crippen LogP contribution >= 0.6 is 0 Å². The van der Waals surface area contributed by atoms with E-state index in [0.29, 0.717) is 5.92 Å². The van der Waals surface area contributed by atoms with Gasteiger partial charge in [0.1, 0.15) is 11.5 Å². The Kier molecular flexibility index (Phi) is 3.35. The molecule has 0 unspecified atom stereocenters. The molecule has 0 aliphatic carbocycles. The van der Waals surface area contributed by atoms with Crippen molar-refractivity contribution in [3.8, 4) is 11.3 Å². The van der Waals surface area contributed by atoms with Crippen molar-refractivity contribution in [2.45, 2.75) is 5.92 Å². The molecule has 2 aromatic heterocycles. The van der Waals surface area contributed by atoms with Crippen LogP contribution in [0.1, 0.15) is 11.7 Å². The molecule has 0 amide bonds. The molecule has 0 atom stereocenters. The highest BCUT2D eigenvalue weighted by molar-refractivity contribution is 5.79. The second kappa shape index (κ2) is 5.84. The zero-order chi connectivity index (χ0) is 17.5. The predicted octanol–water partition coefficient (Wildman–Crippen LogP) is 3.21. The molecule has 1 aliphatic heterocycles. The maximum atomic E-state index is 5.85. The number of aromatic nitrogens is 4. The summed E-state index contributed by atoms with van der Waals surface area (Å²) >= 11 is 0. The van der Waals surface area contributed by atoms with Gasteiger partial charge in [0.25, 0.3) is 0 Å². The fraction of sp³-hybridized carbons (Fsp3) is 0.150. The first-order chi connectivity index (χ1) is 12.8. The van der Waals surface area contributed by atoms with Crippen LogP contribution in [0.15, 0.2) is 60.9 Å². The number of nitrogens with one attached hydrogen (secondary N) is 1. The molecule has 0 saturated carbocycles. The van der Waals surface area contributed by atoms with Crippen LogP contribution in [0, 0.1) is 0 Å². The highest BCUT2D eigenvalue weighted by atomic mass is 15.3. The fourth-order valence-corrected chi connectivity index (χ4v) is 3.43. The number of hydrogen-bond donors (Lipinski definition) is 2. The predicted molar refractivity (Wildman–Crippen MR) is 103 cm³/mol. The zero-order valence-corrected chi connectivity index (χ0v) is 14.1.